The van der Waals surface area contributed by atoms with Crippen LogP contribution in [0.3, 0.4) is 0 Å². The van der Waals surface area contributed by atoms with E-state index < -0.39 is 12.0 Å². The minimum atomic E-state index is -0.980. The van der Waals surface area contributed by atoms with E-state index in [4.69, 9.17) is 5.11 Å². The molecule has 0 saturated carbocycles. The van der Waals surface area contributed by atoms with Crippen LogP contribution >= 0.6 is 0 Å². The van der Waals surface area contributed by atoms with Crippen LogP contribution in [0, 0.1) is 5.92 Å². The average molecular weight is 230 g/mol. The SMILES string of the molecule is CCCN(C)C(=O)N[C@H](CC(C)C)C(=O)O. The summed E-state index contributed by atoms with van der Waals surface area (Å²) in [6, 6.07) is -1.12. The third-order valence-electron chi connectivity index (χ3n) is 2.21. The van der Waals surface area contributed by atoms with Gasteiger partial charge in [0.1, 0.15) is 6.04 Å². The van der Waals surface area contributed by atoms with E-state index in [9.17, 15) is 9.59 Å². The maximum absolute atomic E-state index is 11.6. The number of carbonyl (C=O) groups is 2. The van der Waals surface area contributed by atoms with Crippen molar-refractivity contribution in [1.29, 1.82) is 0 Å². The molecule has 0 aliphatic rings. The van der Waals surface area contributed by atoms with E-state index in [1.54, 1.807) is 7.05 Å². The van der Waals surface area contributed by atoms with Crippen molar-refractivity contribution in [1.82, 2.24) is 10.2 Å². The molecule has 0 heterocycles. The topological polar surface area (TPSA) is 69.6 Å². The number of hydrogen-bond acceptors (Lipinski definition) is 2. The highest BCUT2D eigenvalue weighted by atomic mass is 16.4. The van der Waals surface area contributed by atoms with E-state index in [0.717, 1.165) is 6.42 Å². The first-order valence-electron chi connectivity index (χ1n) is 5.62. The smallest absolute Gasteiger partial charge is 0.326 e. The Hall–Kier alpha value is -1.26. The normalized spacial score (nSPS) is 12.3. The van der Waals surface area contributed by atoms with Crippen molar-refractivity contribution in [3.05, 3.63) is 0 Å². The number of aliphatic carboxylic acids is 1. The lowest BCUT2D eigenvalue weighted by molar-refractivity contribution is -0.139. The van der Waals surface area contributed by atoms with Crippen LogP contribution < -0.4 is 5.32 Å². The quantitative estimate of drug-likeness (QED) is 0.727. The summed E-state index contributed by atoms with van der Waals surface area (Å²) in [6.07, 6.45) is 1.30. The molecule has 0 aromatic heterocycles. The lowest BCUT2D eigenvalue weighted by Gasteiger charge is -2.21. The Bertz CT molecular complexity index is 241. The van der Waals surface area contributed by atoms with Gasteiger partial charge >= 0.3 is 12.0 Å². The second-order valence-corrected chi connectivity index (χ2v) is 4.39. The van der Waals surface area contributed by atoms with Crippen LogP contribution in [0.2, 0.25) is 0 Å². The van der Waals surface area contributed by atoms with E-state index in [1.807, 2.05) is 20.8 Å². The zero-order valence-corrected chi connectivity index (χ0v) is 10.5. The molecule has 2 amide bonds. The molecule has 0 aromatic rings. The van der Waals surface area contributed by atoms with Crippen LogP contribution in [0.5, 0.6) is 0 Å². The molecule has 0 bridgehead atoms. The summed E-state index contributed by atoms with van der Waals surface area (Å²) < 4.78 is 0. The van der Waals surface area contributed by atoms with E-state index in [1.165, 1.54) is 4.90 Å². The number of rotatable bonds is 6. The first-order valence-corrected chi connectivity index (χ1v) is 5.62. The molecule has 0 spiro atoms. The molecule has 1 atom stereocenters. The molecule has 5 heteroatoms. The Morgan fingerprint density at radius 3 is 2.31 bits per heavy atom. The van der Waals surface area contributed by atoms with Gasteiger partial charge in [-0.25, -0.2) is 9.59 Å². The van der Waals surface area contributed by atoms with Crippen molar-refractivity contribution in [3.8, 4) is 0 Å². The first kappa shape index (κ1) is 14.7. The Labute approximate surface area is 96.8 Å². The number of nitrogens with zero attached hydrogens (tertiary/aromatic N) is 1. The molecule has 0 aliphatic heterocycles. The Kier molecular flexibility index (Phi) is 6.53. The highest BCUT2D eigenvalue weighted by molar-refractivity contribution is 5.82. The van der Waals surface area contributed by atoms with Gasteiger partial charge < -0.3 is 15.3 Å². The minimum Gasteiger partial charge on any atom is -0.480 e. The van der Waals surface area contributed by atoms with Crippen molar-refractivity contribution >= 4 is 12.0 Å². The van der Waals surface area contributed by atoms with E-state index in [0.29, 0.717) is 13.0 Å². The van der Waals surface area contributed by atoms with E-state index in [2.05, 4.69) is 5.32 Å². The van der Waals surface area contributed by atoms with Crippen LogP contribution in [0.25, 0.3) is 0 Å². The van der Waals surface area contributed by atoms with Crippen LogP contribution in [0.1, 0.15) is 33.6 Å². The van der Waals surface area contributed by atoms with Gasteiger partial charge in [-0.2, -0.15) is 0 Å². The molecule has 94 valence electrons. The number of carboxylic acid groups (broad SMARTS) is 1. The number of urea groups is 1. The lowest BCUT2D eigenvalue weighted by Crippen LogP contribution is -2.47. The summed E-state index contributed by atoms with van der Waals surface area (Å²) in [5.74, 6) is -0.746. The van der Waals surface area contributed by atoms with Gasteiger partial charge in [0, 0.05) is 13.6 Å². The van der Waals surface area contributed by atoms with Gasteiger partial charge in [-0.1, -0.05) is 20.8 Å². The van der Waals surface area contributed by atoms with E-state index in [-0.39, 0.29) is 11.9 Å². The molecule has 16 heavy (non-hydrogen) atoms. The summed E-state index contributed by atoms with van der Waals surface area (Å²) in [5.41, 5.74) is 0. The summed E-state index contributed by atoms with van der Waals surface area (Å²) in [6.45, 7) is 6.45. The van der Waals surface area contributed by atoms with Crippen LogP contribution in [0.4, 0.5) is 4.79 Å². The number of hydrogen-bond donors (Lipinski definition) is 2. The highest BCUT2D eigenvalue weighted by Crippen LogP contribution is 2.05. The monoisotopic (exact) mass is 230 g/mol. The van der Waals surface area contributed by atoms with Crippen molar-refractivity contribution in [2.45, 2.75) is 39.7 Å². The second-order valence-electron chi connectivity index (χ2n) is 4.39. The Morgan fingerprint density at radius 1 is 1.38 bits per heavy atom. The third kappa shape index (κ3) is 5.58. The van der Waals surface area contributed by atoms with Gasteiger partial charge in [-0.15, -0.1) is 0 Å². The number of carboxylic acids is 1. The zero-order chi connectivity index (χ0) is 12.7. The van der Waals surface area contributed by atoms with Gasteiger partial charge in [-0.05, 0) is 18.8 Å². The Morgan fingerprint density at radius 2 is 1.94 bits per heavy atom. The maximum atomic E-state index is 11.6. The van der Waals surface area contributed by atoms with Crippen molar-refractivity contribution in [3.63, 3.8) is 0 Å². The molecule has 0 radical (unpaired) electrons. The van der Waals surface area contributed by atoms with Crippen LogP contribution in [0.15, 0.2) is 0 Å². The number of amides is 2. The van der Waals surface area contributed by atoms with Crippen LogP contribution in [-0.2, 0) is 4.79 Å². The van der Waals surface area contributed by atoms with Gasteiger partial charge in [0.05, 0.1) is 0 Å². The summed E-state index contributed by atoms with van der Waals surface area (Å²) in [5, 5.41) is 11.5. The van der Waals surface area contributed by atoms with Crippen molar-refractivity contribution < 1.29 is 14.7 Å². The van der Waals surface area contributed by atoms with Crippen LogP contribution in [-0.4, -0.2) is 41.6 Å². The highest BCUT2D eigenvalue weighted by Gasteiger charge is 2.22. The zero-order valence-electron chi connectivity index (χ0n) is 10.5. The molecule has 0 fully saturated rings. The largest absolute Gasteiger partial charge is 0.480 e. The third-order valence-corrected chi connectivity index (χ3v) is 2.21. The van der Waals surface area contributed by atoms with Crippen molar-refractivity contribution in [2.75, 3.05) is 13.6 Å². The van der Waals surface area contributed by atoms with Gasteiger partial charge in [0.2, 0.25) is 0 Å². The predicted octanol–water partition coefficient (Wildman–Crippen LogP) is 1.54. The summed E-state index contributed by atoms with van der Waals surface area (Å²) in [7, 11) is 1.66. The van der Waals surface area contributed by atoms with Gasteiger partial charge in [0.15, 0.2) is 0 Å². The fourth-order valence-corrected chi connectivity index (χ4v) is 1.39. The lowest BCUT2D eigenvalue weighted by atomic mass is 10.0. The molecule has 0 saturated heterocycles. The first-order chi connectivity index (χ1) is 7.38. The fourth-order valence-electron chi connectivity index (χ4n) is 1.39. The maximum Gasteiger partial charge on any atom is 0.326 e. The average Bonchev–Trinajstić information content (AvgIpc) is 2.16. The predicted molar refractivity (Wildman–Crippen MR) is 62.3 cm³/mol. The molecule has 2 N–H and O–H groups in total. The Balaban J connectivity index is 4.28. The van der Waals surface area contributed by atoms with Gasteiger partial charge in [-0.3, -0.25) is 0 Å². The molecule has 0 aromatic carbocycles. The standard InChI is InChI=1S/C11H22N2O3/c1-5-6-13(4)11(16)12-9(10(14)15)7-8(2)3/h8-9H,5-7H2,1-4H3,(H,12,16)(H,14,15)/t9-/m1/s1. The van der Waals surface area contributed by atoms with Crippen molar-refractivity contribution in [2.24, 2.45) is 5.92 Å². The minimum absolute atomic E-state index is 0.234. The second kappa shape index (κ2) is 7.09. The molecule has 0 unspecified atom stereocenters. The summed E-state index contributed by atoms with van der Waals surface area (Å²) in [4.78, 5) is 24.0. The fraction of sp³-hybridized carbons (Fsp3) is 0.818. The van der Waals surface area contributed by atoms with Gasteiger partial charge in [0.25, 0.3) is 0 Å². The van der Waals surface area contributed by atoms with E-state index >= 15 is 0 Å². The summed E-state index contributed by atoms with van der Waals surface area (Å²) >= 11 is 0. The molecular weight excluding hydrogens is 208 g/mol. The molecular formula is C11H22N2O3. The molecule has 0 aliphatic carbocycles. The number of carbonyl (C=O) groups excluding carboxylic acids is 1. The number of nitrogens with one attached hydrogen (secondary N) is 1. The molecule has 0 rings (SSSR count). The molecule has 5 nitrogen and oxygen atoms in total.